The Morgan fingerprint density at radius 2 is 1.76 bits per heavy atom. The Hall–Kier alpha value is -3.13. The van der Waals surface area contributed by atoms with Crippen LogP contribution in [0, 0.1) is 0 Å². The van der Waals surface area contributed by atoms with Gasteiger partial charge in [-0.25, -0.2) is 0 Å². The third kappa shape index (κ3) is 4.73. The molecule has 5 rings (SSSR count). The van der Waals surface area contributed by atoms with Crippen LogP contribution >= 0.6 is 11.8 Å². The maximum Gasteiger partial charge on any atom is 0.416 e. The van der Waals surface area contributed by atoms with Crippen LogP contribution in [0.4, 0.5) is 30.2 Å². The van der Waals surface area contributed by atoms with Crippen LogP contribution in [-0.2, 0) is 17.4 Å². The molecule has 4 nitrogen and oxygen atoms in total. The summed E-state index contributed by atoms with van der Waals surface area (Å²) in [5.41, 5.74) is 2.77. The van der Waals surface area contributed by atoms with Gasteiger partial charge >= 0.3 is 6.18 Å². The summed E-state index contributed by atoms with van der Waals surface area (Å²) in [6.45, 7) is 1.06. The van der Waals surface area contributed by atoms with Gasteiger partial charge in [0.25, 0.3) is 0 Å². The average Bonchev–Trinajstić information content (AvgIpc) is 2.82. The molecule has 0 aliphatic carbocycles. The second-order valence-electron chi connectivity index (χ2n) is 8.32. The Bertz CT molecular complexity index is 1230. The summed E-state index contributed by atoms with van der Waals surface area (Å²) in [6, 6.07) is 17.5. The zero-order valence-electron chi connectivity index (χ0n) is 18.3. The highest BCUT2D eigenvalue weighted by molar-refractivity contribution is 7.99. The van der Waals surface area contributed by atoms with Crippen LogP contribution in [0.1, 0.15) is 30.4 Å². The van der Waals surface area contributed by atoms with Gasteiger partial charge in [0.15, 0.2) is 0 Å². The monoisotopic (exact) mass is 484 g/mol. The summed E-state index contributed by atoms with van der Waals surface area (Å²) in [7, 11) is 0. The molecule has 0 aromatic heterocycles. The molecule has 1 amide bonds. The highest BCUT2D eigenvalue weighted by Crippen LogP contribution is 2.49. The molecule has 0 atom stereocenters. The lowest BCUT2D eigenvalue weighted by atomic mass is 10.0. The zero-order valence-corrected chi connectivity index (χ0v) is 19.1. The number of nitrogens with zero attached hydrogens (tertiary/aromatic N) is 1. The van der Waals surface area contributed by atoms with Crippen LogP contribution in [0.25, 0.3) is 0 Å². The second-order valence-corrected chi connectivity index (χ2v) is 9.41. The topological polar surface area (TPSA) is 41.6 Å². The lowest BCUT2D eigenvalue weighted by molar-refractivity contribution is -0.137. The number of aryl methyl sites for hydroxylation is 1. The number of carbonyl (C=O) groups is 1. The van der Waals surface area contributed by atoms with Crippen molar-refractivity contribution in [3.05, 3.63) is 71.8 Å². The lowest BCUT2D eigenvalue weighted by Crippen LogP contribution is -2.23. The van der Waals surface area contributed by atoms with Crippen molar-refractivity contribution in [1.82, 2.24) is 0 Å². The van der Waals surface area contributed by atoms with E-state index >= 15 is 0 Å². The molecule has 0 fully saturated rings. The number of alkyl halides is 3. The Kier molecular flexibility index (Phi) is 6.16. The average molecular weight is 485 g/mol. The third-order valence-corrected chi connectivity index (χ3v) is 7.10. The maximum atomic E-state index is 13.4. The van der Waals surface area contributed by atoms with Crippen molar-refractivity contribution in [2.45, 2.75) is 41.7 Å². The van der Waals surface area contributed by atoms with Crippen LogP contribution in [-0.4, -0.2) is 19.1 Å². The SMILES string of the molecule is O=C1CCc2ccc(OCCCCN3c4ccccc4Sc4ccc(C(F)(F)F)cc43)cc2N1. The number of fused-ring (bicyclic) bond motifs is 3. The van der Waals surface area contributed by atoms with Crippen molar-refractivity contribution < 1.29 is 22.7 Å². The van der Waals surface area contributed by atoms with Crippen LogP contribution in [0.5, 0.6) is 5.75 Å². The number of benzene rings is 3. The van der Waals surface area contributed by atoms with Gasteiger partial charge in [-0.15, -0.1) is 0 Å². The molecular formula is C26H23F3N2O2S. The fourth-order valence-corrected chi connectivity index (χ4v) is 5.33. The van der Waals surface area contributed by atoms with Crippen molar-refractivity contribution in [3.63, 3.8) is 0 Å². The van der Waals surface area contributed by atoms with E-state index in [4.69, 9.17) is 4.74 Å². The zero-order chi connectivity index (χ0) is 23.7. The van der Waals surface area contributed by atoms with Crippen LogP contribution in [0.3, 0.4) is 0 Å². The van der Waals surface area contributed by atoms with E-state index in [0.29, 0.717) is 31.0 Å². The number of ether oxygens (including phenoxy) is 1. The quantitative estimate of drug-likeness (QED) is 0.381. The molecule has 0 unspecified atom stereocenters. The van der Waals surface area contributed by atoms with E-state index in [-0.39, 0.29) is 5.91 Å². The molecule has 0 bridgehead atoms. The first-order valence-electron chi connectivity index (χ1n) is 11.2. The smallest absolute Gasteiger partial charge is 0.416 e. The number of para-hydroxylation sites is 1. The molecular weight excluding hydrogens is 461 g/mol. The van der Waals surface area contributed by atoms with Gasteiger partial charge in [-0.3, -0.25) is 4.79 Å². The van der Waals surface area contributed by atoms with Gasteiger partial charge in [-0.05, 0) is 61.2 Å². The van der Waals surface area contributed by atoms with Gasteiger partial charge in [0, 0.05) is 34.5 Å². The van der Waals surface area contributed by atoms with Crippen molar-refractivity contribution >= 4 is 34.7 Å². The summed E-state index contributed by atoms with van der Waals surface area (Å²) in [5, 5.41) is 2.87. The van der Waals surface area contributed by atoms with Crippen LogP contribution in [0.15, 0.2) is 70.5 Å². The highest BCUT2D eigenvalue weighted by Gasteiger charge is 2.33. The highest BCUT2D eigenvalue weighted by atomic mass is 32.2. The molecule has 0 saturated carbocycles. The number of hydrogen-bond acceptors (Lipinski definition) is 4. The number of anilines is 3. The number of hydrogen-bond donors (Lipinski definition) is 1. The van der Waals surface area contributed by atoms with Gasteiger partial charge < -0.3 is 15.0 Å². The fourth-order valence-electron chi connectivity index (χ4n) is 4.25. The molecule has 3 aromatic rings. The summed E-state index contributed by atoms with van der Waals surface area (Å²) in [6.07, 6.45) is -1.67. The Balaban J connectivity index is 1.25. The fraction of sp³-hybridized carbons (Fsp3) is 0.269. The van der Waals surface area contributed by atoms with Gasteiger partial charge in [0.2, 0.25) is 5.91 Å². The van der Waals surface area contributed by atoms with Crippen molar-refractivity contribution in [3.8, 4) is 5.75 Å². The molecule has 34 heavy (non-hydrogen) atoms. The van der Waals surface area contributed by atoms with Crippen LogP contribution < -0.4 is 15.0 Å². The molecule has 0 saturated heterocycles. The number of halogens is 3. The summed E-state index contributed by atoms with van der Waals surface area (Å²) in [4.78, 5) is 15.4. The van der Waals surface area contributed by atoms with E-state index in [0.717, 1.165) is 52.1 Å². The first kappa shape index (κ1) is 22.7. The second kappa shape index (κ2) is 9.25. The maximum absolute atomic E-state index is 13.4. The lowest BCUT2D eigenvalue weighted by Gasteiger charge is -2.33. The number of unbranched alkanes of at least 4 members (excludes halogenated alkanes) is 1. The third-order valence-electron chi connectivity index (χ3n) is 5.97. The molecule has 176 valence electrons. The molecule has 0 spiro atoms. The number of nitrogens with one attached hydrogen (secondary N) is 1. The van der Waals surface area contributed by atoms with Gasteiger partial charge in [0.05, 0.1) is 23.5 Å². The Labute approximate surface area is 200 Å². The number of amides is 1. The summed E-state index contributed by atoms with van der Waals surface area (Å²) < 4.78 is 45.9. The predicted octanol–water partition coefficient (Wildman–Crippen LogP) is 7.05. The minimum atomic E-state index is -4.38. The molecule has 2 aliphatic rings. The van der Waals surface area contributed by atoms with E-state index in [9.17, 15) is 18.0 Å². The Morgan fingerprint density at radius 1 is 0.941 bits per heavy atom. The van der Waals surface area contributed by atoms with Gasteiger partial charge in [-0.1, -0.05) is 30.0 Å². The number of carbonyl (C=O) groups excluding carboxylic acids is 1. The summed E-state index contributed by atoms with van der Waals surface area (Å²) in [5.74, 6) is 0.708. The number of rotatable bonds is 6. The van der Waals surface area contributed by atoms with E-state index in [1.165, 1.54) is 17.8 Å². The minimum Gasteiger partial charge on any atom is -0.494 e. The van der Waals surface area contributed by atoms with E-state index < -0.39 is 11.7 Å². The molecule has 2 heterocycles. The van der Waals surface area contributed by atoms with Crippen molar-refractivity contribution in [2.24, 2.45) is 0 Å². The van der Waals surface area contributed by atoms with Crippen molar-refractivity contribution in [1.29, 1.82) is 0 Å². The van der Waals surface area contributed by atoms with E-state index in [1.54, 1.807) is 6.07 Å². The van der Waals surface area contributed by atoms with Gasteiger partial charge in [0.1, 0.15) is 5.75 Å². The molecule has 2 aliphatic heterocycles. The molecule has 0 radical (unpaired) electrons. The molecule has 8 heteroatoms. The van der Waals surface area contributed by atoms with Crippen LogP contribution in [0.2, 0.25) is 0 Å². The normalized spacial score (nSPS) is 14.7. The van der Waals surface area contributed by atoms with Crippen molar-refractivity contribution in [2.75, 3.05) is 23.4 Å². The van der Waals surface area contributed by atoms with E-state index in [2.05, 4.69) is 5.32 Å². The molecule has 1 N–H and O–H groups in total. The minimum absolute atomic E-state index is 0.0126. The van der Waals surface area contributed by atoms with Gasteiger partial charge in [-0.2, -0.15) is 13.2 Å². The largest absolute Gasteiger partial charge is 0.494 e. The summed E-state index contributed by atoms with van der Waals surface area (Å²) >= 11 is 1.49. The first-order valence-corrected chi connectivity index (χ1v) is 12.0. The standard InChI is InChI=1S/C26H23F3N2O2S/c27-26(28,29)18-9-11-24-22(15-18)31(21-5-1-2-6-23(21)34-24)13-3-4-14-33-19-10-7-17-8-12-25(32)30-20(17)16-19/h1-2,5-7,9-11,15-16H,3-4,8,12-14H2,(H,30,32). The first-order chi connectivity index (χ1) is 16.4. The van der Waals surface area contributed by atoms with E-state index in [1.807, 2.05) is 47.4 Å². The molecule has 3 aromatic carbocycles. The predicted molar refractivity (Wildman–Crippen MR) is 127 cm³/mol. The Morgan fingerprint density at radius 3 is 2.62 bits per heavy atom.